The van der Waals surface area contributed by atoms with Crippen molar-refractivity contribution in [2.45, 2.75) is 6.42 Å². The molecule has 0 radical (unpaired) electrons. The van der Waals surface area contributed by atoms with Crippen LogP contribution in [0.2, 0.25) is 10.3 Å². The van der Waals surface area contributed by atoms with Crippen molar-refractivity contribution in [3.63, 3.8) is 0 Å². The lowest BCUT2D eigenvalue weighted by Gasteiger charge is -2.17. The zero-order chi connectivity index (χ0) is 14.2. The molecule has 1 fully saturated rings. The molecule has 1 unspecified atom stereocenters. The van der Waals surface area contributed by atoms with Crippen LogP contribution in [0.15, 0.2) is 12.1 Å². The van der Waals surface area contributed by atoms with Gasteiger partial charge < -0.3 is 4.90 Å². The number of carbonyl (C=O) groups excluding carboxylic acids is 1. The third-order valence-corrected chi connectivity index (χ3v) is 4.46. The van der Waals surface area contributed by atoms with Gasteiger partial charge in [0.2, 0.25) is 15.0 Å². The number of pyridine rings is 1. The summed E-state index contributed by atoms with van der Waals surface area (Å²) in [5.41, 5.74) is 0.422. The average Bonchev–Trinajstić information content (AvgIpc) is 2.56. The third-order valence-electron chi connectivity index (χ3n) is 2.73. The fourth-order valence-corrected chi connectivity index (χ4v) is 3.78. The summed E-state index contributed by atoms with van der Waals surface area (Å²) in [7, 11) is 1.56. The first kappa shape index (κ1) is 14.8. The highest BCUT2D eigenvalue weighted by atomic mass is 35.7. The highest BCUT2D eigenvalue weighted by molar-refractivity contribution is 8.13. The van der Waals surface area contributed by atoms with E-state index in [1.54, 1.807) is 6.07 Å². The second-order valence-corrected chi connectivity index (χ2v) is 7.79. The number of hydrogen-bond acceptors (Lipinski definition) is 4. The summed E-state index contributed by atoms with van der Waals surface area (Å²) in [6.45, 7) is 0.244. The lowest BCUT2D eigenvalue weighted by atomic mass is 10.1. The van der Waals surface area contributed by atoms with Gasteiger partial charge in [-0.25, -0.2) is 13.4 Å². The molecular weight excluding hydrogens is 335 g/mol. The van der Waals surface area contributed by atoms with Gasteiger partial charge in [-0.2, -0.15) is 0 Å². The minimum Gasteiger partial charge on any atom is -0.309 e. The second kappa shape index (κ2) is 5.44. The van der Waals surface area contributed by atoms with Crippen molar-refractivity contribution < 1.29 is 13.2 Å². The fourth-order valence-electron chi connectivity index (χ4n) is 2.01. The van der Waals surface area contributed by atoms with E-state index in [4.69, 9.17) is 33.9 Å². The van der Waals surface area contributed by atoms with Gasteiger partial charge in [0.05, 0.1) is 11.4 Å². The minimum absolute atomic E-state index is 0.107. The topological polar surface area (TPSA) is 67.3 Å². The first-order valence-corrected chi connectivity index (χ1v) is 8.54. The van der Waals surface area contributed by atoms with E-state index < -0.39 is 9.05 Å². The normalized spacial score (nSPS) is 20.1. The van der Waals surface area contributed by atoms with Crippen molar-refractivity contribution in [3.8, 4) is 0 Å². The highest BCUT2D eigenvalue weighted by Crippen LogP contribution is 2.31. The number of hydrogen-bond donors (Lipinski definition) is 0. The highest BCUT2D eigenvalue weighted by Gasteiger charge is 2.34. The average molecular weight is 344 g/mol. The monoisotopic (exact) mass is 342 g/mol. The van der Waals surface area contributed by atoms with E-state index in [0.717, 1.165) is 0 Å². The van der Waals surface area contributed by atoms with Crippen LogP contribution in [0.25, 0.3) is 0 Å². The predicted octanol–water partition coefficient (Wildman–Crippen LogP) is 2.31. The molecule has 0 aliphatic carbocycles. The van der Waals surface area contributed by atoms with Crippen LogP contribution < -0.4 is 4.90 Å². The maximum Gasteiger partial charge on any atom is 0.232 e. The molecule has 104 valence electrons. The molecular formula is C10H9Cl3N2O3S. The van der Waals surface area contributed by atoms with Gasteiger partial charge in [0, 0.05) is 29.6 Å². The third kappa shape index (κ3) is 3.72. The Morgan fingerprint density at radius 1 is 1.37 bits per heavy atom. The second-order valence-electron chi connectivity index (χ2n) is 4.22. The van der Waals surface area contributed by atoms with Gasteiger partial charge in [0.1, 0.15) is 5.15 Å². The standard InChI is InChI=1S/C10H9Cl3N2O3S/c11-8-2-1-7(10(12)14-8)15-4-6(3-9(15)16)5-19(13,17)18/h1-2,6H,3-5H2. The smallest absolute Gasteiger partial charge is 0.232 e. The van der Waals surface area contributed by atoms with Crippen LogP contribution in [0.3, 0.4) is 0 Å². The minimum atomic E-state index is -3.63. The molecule has 5 nitrogen and oxygen atoms in total. The van der Waals surface area contributed by atoms with Crippen LogP contribution in [0, 0.1) is 5.92 Å². The lowest BCUT2D eigenvalue weighted by Crippen LogP contribution is -2.25. The summed E-state index contributed by atoms with van der Waals surface area (Å²) in [5, 5.41) is 0.329. The molecule has 2 heterocycles. The summed E-state index contributed by atoms with van der Waals surface area (Å²) in [4.78, 5) is 17.1. The van der Waals surface area contributed by atoms with Gasteiger partial charge in [-0.15, -0.1) is 0 Å². The van der Waals surface area contributed by atoms with Gasteiger partial charge >= 0.3 is 0 Å². The van der Waals surface area contributed by atoms with Crippen molar-refractivity contribution in [1.29, 1.82) is 0 Å². The van der Waals surface area contributed by atoms with E-state index in [1.165, 1.54) is 11.0 Å². The molecule has 1 aliphatic heterocycles. The van der Waals surface area contributed by atoms with Crippen LogP contribution in [-0.4, -0.2) is 31.6 Å². The van der Waals surface area contributed by atoms with Gasteiger partial charge in [0.15, 0.2) is 5.15 Å². The number of halogens is 3. The quantitative estimate of drug-likeness (QED) is 0.624. The molecule has 19 heavy (non-hydrogen) atoms. The van der Waals surface area contributed by atoms with Crippen molar-refractivity contribution in [2.24, 2.45) is 5.92 Å². The van der Waals surface area contributed by atoms with Gasteiger partial charge in [0.25, 0.3) is 0 Å². The number of amides is 1. The maximum absolute atomic E-state index is 11.9. The molecule has 2 rings (SSSR count). The number of nitrogens with zero attached hydrogens (tertiary/aromatic N) is 2. The maximum atomic E-state index is 11.9. The Balaban J connectivity index is 2.20. The summed E-state index contributed by atoms with van der Waals surface area (Å²) in [5.74, 6) is -0.798. The Morgan fingerprint density at radius 2 is 2.05 bits per heavy atom. The Bertz CT molecular complexity index is 620. The molecule has 9 heteroatoms. The van der Waals surface area contributed by atoms with Crippen molar-refractivity contribution in [2.75, 3.05) is 17.2 Å². The van der Waals surface area contributed by atoms with E-state index in [2.05, 4.69) is 4.98 Å². The molecule has 0 saturated carbocycles. The molecule has 0 aromatic carbocycles. The van der Waals surface area contributed by atoms with E-state index in [1.807, 2.05) is 0 Å². The summed E-state index contributed by atoms with van der Waals surface area (Å²) >= 11 is 11.6. The first-order chi connectivity index (χ1) is 8.76. The van der Waals surface area contributed by atoms with Gasteiger partial charge in [-0.1, -0.05) is 23.2 Å². The first-order valence-electron chi connectivity index (χ1n) is 5.31. The van der Waals surface area contributed by atoms with Crippen LogP contribution in [0.4, 0.5) is 5.69 Å². The SMILES string of the molecule is O=C1CC(CS(=O)(=O)Cl)CN1c1ccc(Cl)nc1Cl. The Kier molecular flexibility index (Phi) is 4.25. The number of anilines is 1. The van der Waals surface area contributed by atoms with Crippen LogP contribution in [-0.2, 0) is 13.8 Å². The Morgan fingerprint density at radius 3 is 2.63 bits per heavy atom. The molecule has 1 aromatic rings. The van der Waals surface area contributed by atoms with Crippen molar-refractivity contribution in [3.05, 3.63) is 22.4 Å². The van der Waals surface area contributed by atoms with Crippen LogP contribution in [0.1, 0.15) is 6.42 Å². The van der Waals surface area contributed by atoms with Gasteiger partial charge in [-0.3, -0.25) is 4.79 Å². The molecule has 1 aromatic heterocycles. The zero-order valence-corrected chi connectivity index (χ0v) is 12.6. The zero-order valence-electron chi connectivity index (χ0n) is 9.51. The van der Waals surface area contributed by atoms with E-state index >= 15 is 0 Å². The molecule has 0 bridgehead atoms. The number of carbonyl (C=O) groups is 1. The van der Waals surface area contributed by atoms with E-state index in [-0.39, 0.29) is 40.8 Å². The lowest BCUT2D eigenvalue weighted by molar-refractivity contribution is -0.117. The van der Waals surface area contributed by atoms with Crippen molar-refractivity contribution in [1.82, 2.24) is 4.98 Å². The fraction of sp³-hybridized carbons (Fsp3) is 0.400. The van der Waals surface area contributed by atoms with Crippen LogP contribution >= 0.6 is 33.9 Å². The van der Waals surface area contributed by atoms with E-state index in [9.17, 15) is 13.2 Å². The largest absolute Gasteiger partial charge is 0.309 e. The molecule has 0 N–H and O–H groups in total. The summed E-state index contributed by atoms with van der Waals surface area (Å²) in [6.07, 6.45) is 0.116. The van der Waals surface area contributed by atoms with Crippen molar-refractivity contribution >= 4 is 54.5 Å². The Hall–Kier alpha value is -0.560. The molecule has 1 amide bonds. The molecule has 1 aliphatic rings. The molecule has 1 atom stereocenters. The predicted molar refractivity (Wildman–Crippen MR) is 74.4 cm³/mol. The number of rotatable bonds is 3. The number of aromatic nitrogens is 1. The Labute approximate surface area is 124 Å². The molecule has 1 saturated heterocycles. The van der Waals surface area contributed by atoms with Gasteiger partial charge in [-0.05, 0) is 12.1 Å². The van der Waals surface area contributed by atoms with Crippen LogP contribution in [0.5, 0.6) is 0 Å². The van der Waals surface area contributed by atoms with E-state index in [0.29, 0.717) is 5.69 Å². The summed E-state index contributed by atoms with van der Waals surface area (Å²) in [6, 6.07) is 3.09. The summed E-state index contributed by atoms with van der Waals surface area (Å²) < 4.78 is 22.1. The molecule has 0 spiro atoms.